The molecule has 0 saturated carbocycles. The fraction of sp³-hybridized carbons (Fsp3) is 0.226. The first-order valence-electron chi connectivity index (χ1n) is 13.2. The molecule has 4 aromatic rings. The number of carbonyl (C=O) groups excluding carboxylic acids is 2. The second kappa shape index (κ2) is 12.5. The first kappa shape index (κ1) is 28.9. The minimum Gasteiger partial charge on any atom is -0.493 e. The van der Waals surface area contributed by atoms with E-state index in [1.54, 1.807) is 31.3 Å². The molecule has 1 aliphatic heterocycles. The normalized spacial score (nSPS) is 14.6. The highest BCUT2D eigenvalue weighted by Crippen LogP contribution is 2.41. The van der Waals surface area contributed by atoms with E-state index in [0.29, 0.717) is 30.2 Å². The Morgan fingerprint density at radius 1 is 0.952 bits per heavy atom. The van der Waals surface area contributed by atoms with Crippen LogP contribution >= 0.6 is 0 Å². The molecular weight excluding hydrogens is 560 g/mol. The van der Waals surface area contributed by atoms with E-state index in [-0.39, 0.29) is 22.9 Å². The number of fused-ring (bicyclic) bond motifs is 1. The maximum absolute atomic E-state index is 13.5. The van der Waals surface area contributed by atoms with Crippen molar-refractivity contribution in [2.24, 2.45) is 0 Å². The molecule has 0 bridgehead atoms. The lowest BCUT2D eigenvalue weighted by Crippen LogP contribution is -2.42. The third-order valence-electron chi connectivity index (χ3n) is 7.05. The molecule has 0 aliphatic carbocycles. The minimum absolute atomic E-state index is 0.00743. The average Bonchev–Trinajstić information content (AvgIpc) is 3.55. The monoisotopic (exact) mass is 590 g/mol. The number of amides is 1. The number of hydrogen-bond donors (Lipinski definition) is 1. The Labute approximate surface area is 243 Å². The second-order valence-corrected chi connectivity index (χ2v) is 11.3. The first-order valence-corrected chi connectivity index (χ1v) is 14.7. The lowest BCUT2D eigenvalue weighted by Gasteiger charge is -2.38. The molecule has 3 aromatic carbocycles. The maximum Gasteiger partial charge on any atom is 0.338 e. The maximum atomic E-state index is 13.5. The molecule has 1 N–H and O–H groups in total. The number of esters is 1. The highest BCUT2D eigenvalue weighted by molar-refractivity contribution is 7.89. The van der Waals surface area contributed by atoms with Crippen molar-refractivity contribution in [3.8, 4) is 11.5 Å². The topological polar surface area (TPSA) is 124 Å². The zero-order chi connectivity index (χ0) is 29.7. The van der Waals surface area contributed by atoms with E-state index in [1.807, 2.05) is 42.5 Å². The molecule has 1 aromatic heterocycles. The smallest absolute Gasteiger partial charge is 0.338 e. The molecule has 0 saturated heterocycles. The Bertz CT molecular complexity index is 1650. The summed E-state index contributed by atoms with van der Waals surface area (Å²) < 4.78 is 49.1. The molecule has 11 heteroatoms. The van der Waals surface area contributed by atoms with Crippen LogP contribution < -0.4 is 14.2 Å². The predicted molar refractivity (Wildman–Crippen MR) is 153 cm³/mol. The van der Waals surface area contributed by atoms with E-state index in [1.165, 1.54) is 30.5 Å². The summed E-state index contributed by atoms with van der Waals surface area (Å²) in [5.74, 6) is 0.535. The lowest BCUT2D eigenvalue weighted by atomic mass is 9.87. The van der Waals surface area contributed by atoms with Crippen LogP contribution in [-0.4, -0.2) is 52.6 Å². The number of hydrogen-bond acceptors (Lipinski definition) is 8. The van der Waals surface area contributed by atoms with Gasteiger partial charge in [0, 0.05) is 6.54 Å². The van der Waals surface area contributed by atoms with Gasteiger partial charge in [-0.15, -0.1) is 0 Å². The summed E-state index contributed by atoms with van der Waals surface area (Å²) in [6, 6.07) is 21.6. The van der Waals surface area contributed by atoms with Gasteiger partial charge in [-0.25, -0.2) is 17.9 Å². The van der Waals surface area contributed by atoms with Gasteiger partial charge in [0.25, 0.3) is 5.91 Å². The number of furan rings is 1. The largest absolute Gasteiger partial charge is 0.493 e. The number of nitrogens with one attached hydrogen (secondary N) is 1. The Hall–Kier alpha value is -4.61. The van der Waals surface area contributed by atoms with Crippen LogP contribution in [0.1, 0.15) is 38.9 Å². The standard InChI is InChI=1S/C31H30N2O8S/c1-38-27-17-23-14-15-33(30(21-7-4-3-5-8-21)26(23)18-28(27)39-2)29(34)20-41-31(35)22-10-12-25(13-11-22)42(36,37)32-19-24-9-6-16-40-24/h3-13,16-18,30,32H,14-15,19-20H2,1-2H3/t30-/m1/s1. The third-order valence-corrected chi connectivity index (χ3v) is 8.47. The molecule has 2 heterocycles. The first-order chi connectivity index (χ1) is 20.3. The third kappa shape index (κ3) is 6.17. The Morgan fingerprint density at radius 2 is 1.67 bits per heavy atom. The summed E-state index contributed by atoms with van der Waals surface area (Å²) in [5.41, 5.74) is 2.97. The number of ether oxygens (including phenoxy) is 3. The summed E-state index contributed by atoms with van der Waals surface area (Å²) in [6.07, 6.45) is 2.04. The molecule has 42 heavy (non-hydrogen) atoms. The Morgan fingerprint density at radius 3 is 2.33 bits per heavy atom. The van der Waals surface area contributed by atoms with Gasteiger partial charge in [0.2, 0.25) is 10.0 Å². The summed E-state index contributed by atoms with van der Waals surface area (Å²) in [5, 5.41) is 0. The number of carbonyl (C=O) groups is 2. The number of nitrogens with zero attached hydrogens (tertiary/aromatic N) is 1. The van der Waals surface area contributed by atoms with E-state index >= 15 is 0 Å². The molecule has 218 valence electrons. The quantitative estimate of drug-likeness (QED) is 0.274. The van der Waals surface area contributed by atoms with Crippen LogP contribution in [0.3, 0.4) is 0 Å². The van der Waals surface area contributed by atoms with Gasteiger partial charge >= 0.3 is 5.97 Å². The van der Waals surface area contributed by atoms with Gasteiger partial charge in [-0.1, -0.05) is 30.3 Å². The van der Waals surface area contributed by atoms with Crippen LogP contribution in [0, 0.1) is 0 Å². The molecular formula is C31H30N2O8S. The van der Waals surface area contributed by atoms with Gasteiger partial charge in [0.15, 0.2) is 18.1 Å². The molecule has 0 fully saturated rings. The van der Waals surface area contributed by atoms with Crippen LogP contribution in [0.2, 0.25) is 0 Å². The van der Waals surface area contributed by atoms with E-state index in [9.17, 15) is 18.0 Å². The average molecular weight is 591 g/mol. The van der Waals surface area contributed by atoms with Crippen molar-refractivity contribution in [3.63, 3.8) is 0 Å². The van der Waals surface area contributed by atoms with Crippen molar-refractivity contribution in [3.05, 3.63) is 113 Å². The number of benzene rings is 3. The minimum atomic E-state index is -3.83. The van der Waals surface area contributed by atoms with Gasteiger partial charge in [-0.3, -0.25) is 4.79 Å². The Balaban J connectivity index is 1.28. The number of methoxy groups -OCH3 is 2. The van der Waals surface area contributed by atoms with Crippen LogP contribution in [0.5, 0.6) is 11.5 Å². The second-order valence-electron chi connectivity index (χ2n) is 9.56. The number of rotatable bonds is 10. The van der Waals surface area contributed by atoms with Crippen molar-refractivity contribution < 1.29 is 36.6 Å². The van der Waals surface area contributed by atoms with Crippen LogP contribution in [0.15, 0.2) is 94.4 Å². The fourth-order valence-corrected chi connectivity index (χ4v) is 5.93. The predicted octanol–water partition coefficient (Wildman–Crippen LogP) is 4.11. The van der Waals surface area contributed by atoms with E-state index in [2.05, 4.69) is 4.72 Å². The summed E-state index contributed by atoms with van der Waals surface area (Å²) in [7, 11) is -0.682. The van der Waals surface area contributed by atoms with Crippen molar-refractivity contribution in [1.82, 2.24) is 9.62 Å². The van der Waals surface area contributed by atoms with Gasteiger partial charge in [0.1, 0.15) is 5.76 Å². The Kier molecular flexibility index (Phi) is 8.60. The van der Waals surface area contributed by atoms with E-state index < -0.39 is 28.6 Å². The van der Waals surface area contributed by atoms with Gasteiger partial charge in [-0.05, 0) is 71.6 Å². The van der Waals surface area contributed by atoms with Gasteiger partial charge < -0.3 is 23.5 Å². The summed E-state index contributed by atoms with van der Waals surface area (Å²) in [6.45, 7) is -0.0714. The van der Waals surface area contributed by atoms with Gasteiger partial charge in [0.05, 0.1) is 43.5 Å². The van der Waals surface area contributed by atoms with E-state index in [4.69, 9.17) is 18.6 Å². The summed E-state index contributed by atoms with van der Waals surface area (Å²) in [4.78, 5) is 27.9. The summed E-state index contributed by atoms with van der Waals surface area (Å²) >= 11 is 0. The van der Waals surface area contributed by atoms with Crippen LogP contribution in [-0.2, 0) is 32.5 Å². The molecule has 0 radical (unpaired) electrons. The fourth-order valence-electron chi connectivity index (χ4n) is 4.94. The lowest BCUT2D eigenvalue weighted by molar-refractivity contribution is -0.136. The van der Waals surface area contributed by atoms with Crippen molar-refractivity contribution in [2.75, 3.05) is 27.4 Å². The SMILES string of the molecule is COc1cc2c(cc1OC)[C@@H](c1ccccc1)N(C(=O)COC(=O)c1ccc(S(=O)(=O)NCc3ccco3)cc1)CC2. The highest BCUT2D eigenvalue weighted by Gasteiger charge is 2.33. The zero-order valence-corrected chi connectivity index (χ0v) is 23.9. The van der Waals surface area contributed by atoms with Crippen LogP contribution in [0.25, 0.3) is 0 Å². The molecule has 1 aliphatic rings. The highest BCUT2D eigenvalue weighted by atomic mass is 32.2. The van der Waals surface area contributed by atoms with Crippen molar-refractivity contribution in [1.29, 1.82) is 0 Å². The zero-order valence-electron chi connectivity index (χ0n) is 23.1. The molecule has 1 amide bonds. The van der Waals surface area contributed by atoms with Crippen LogP contribution in [0.4, 0.5) is 0 Å². The number of sulfonamides is 1. The molecule has 1 atom stereocenters. The molecule has 0 unspecified atom stereocenters. The molecule has 10 nitrogen and oxygen atoms in total. The molecule has 0 spiro atoms. The van der Waals surface area contributed by atoms with Crippen molar-refractivity contribution >= 4 is 21.9 Å². The van der Waals surface area contributed by atoms with E-state index in [0.717, 1.165) is 16.7 Å². The van der Waals surface area contributed by atoms with Gasteiger partial charge in [-0.2, -0.15) is 0 Å². The molecule has 5 rings (SSSR count). The van der Waals surface area contributed by atoms with Crippen molar-refractivity contribution in [2.45, 2.75) is 23.9 Å².